The number of anilines is 1. The maximum Gasteiger partial charge on any atom is 0.416 e. The Morgan fingerprint density at radius 3 is 2.53 bits per heavy atom. The smallest absolute Gasteiger partial charge is 0.416 e. The number of guanidine groups is 1. The third kappa shape index (κ3) is 6.32. The molecular formula is C22H21F4N5O3. The van der Waals surface area contributed by atoms with Gasteiger partial charge < -0.3 is 15.2 Å². The summed E-state index contributed by atoms with van der Waals surface area (Å²) >= 11 is 0. The first-order chi connectivity index (χ1) is 16.1. The number of aliphatic imine (C=N–C) groups is 1. The normalized spacial score (nSPS) is 12.9. The number of halogens is 4. The van der Waals surface area contributed by atoms with Crippen LogP contribution in [-0.2, 0) is 10.9 Å². The Morgan fingerprint density at radius 2 is 1.91 bits per heavy atom. The van der Waals surface area contributed by atoms with Crippen molar-refractivity contribution in [2.45, 2.75) is 19.1 Å². The molecule has 0 spiro atoms. The molecule has 0 aliphatic carbocycles. The number of aromatic amines is 1. The van der Waals surface area contributed by atoms with Gasteiger partial charge in [-0.15, -0.1) is 0 Å². The van der Waals surface area contributed by atoms with E-state index in [9.17, 15) is 27.5 Å². The second kappa shape index (κ2) is 10.3. The van der Waals surface area contributed by atoms with Crippen LogP contribution >= 0.6 is 0 Å². The molecule has 0 fully saturated rings. The van der Waals surface area contributed by atoms with Gasteiger partial charge in [0.1, 0.15) is 11.6 Å². The van der Waals surface area contributed by atoms with Crippen LogP contribution in [0.4, 0.5) is 23.4 Å². The number of nitrogens with zero attached hydrogens (tertiary/aromatic N) is 2. The average molecular weight is 479 g/mol. The predicted octanol–water partition coefficient (Wildman–Crippen LogP) is 4.17. The van der Waals surface area contributed by atoms with Crippen molar-refractivity contribution in [1.29, 1.82) is 0 Å². The third-order valence-electron chi connectivity index (χ3n) is 4.53. The Kier molecular flexibility index (Phi) is 7.51. The molecule has 34 heavy (non-hydrogen) atoms. The lowest BCUT2D eigenvalue weighted by molar-refractivity contribution is -0.137. The van der Waals surface area contributed by atoms with Gasteiger partial charge in [-0.1, -0.05) is 0 Å². The van der Waals surface area contributed by atoms with Crippen molar-refractivity contribution < 1.29 is 32.2 Å². The Morgan fingerprint density at radius 1 is 1.21 bits per heavy atom. The van der Waals surface area contributed by atoms with Crippen LogP contribution in [0, 0.1) is 5.82 Å². The van der Waals surface area contributed by atoms with Gasteiger partial charge in [-0.2, -0.15) is 18.3 Å². The molecule has 0 aliphatic heterocycles. The Hall–Kier alpha value is -3.93. The zero-order chi connectivity index (χ0) is 24.9. The zero-order valence-electron chi connectivity index (χ0n) is 18.1. The lowest BCUT2D eigenvalue weighted by Crippen LogP contribution is -2.37. The van der Waals surface area contributed by atoms with Crippen LogP contribution < -0.4 is 10.6 Å². The SMILES string of the molecule is COC[C@H](C)N=C(NC(=O)c1ccc(C(F)(F)F)cc1)Nc1cc(-c2ccc(O)cc2F)[nH]n1. The number of alkyl halides is 3. The van der Waals surface area contributed by atoms with E-state index < -0.39 is 29.5 Å². The van der Waals surface area contributed by atoms with Crippen molar-refractivity contribution in [2.75, 3.05) is 19.0 Å². The van der Waals surface area contributed by atoms with E-state index in [-0.39, 0.29) is 35.3 Å². The van der Waals surface area contributed by atoms with Crippen LogP contribution in [0.1, 0.15) is 22.8 Å². The van der Waals surface area contributed by atoms with Gasteiger partial charge in [0.15, 0.2) is 5.82 Å². The molecular weight excluding hydrogens is 458 g/mol. The first-order valence-corrected chi connectivity index (χ1v) is 9.93. The number of aromatic nitrogens is 2. The molecule has 4 N–H and O–H groups in total. The highest BCUT2D eigenvalue weighted by Gasteiger charge is 2.30. The van der Waals surface area contributed by atoms with E-state index in [0.29, 0.717) is 5.69 Å². The van der Waals surface area contributed by atoms with Crippen LogP contribution in [0.5, 0.6) is 5.75 Å². The van der Waals surface area contributed by atoms with Crippen molar-refractivity contribution in [3.8, 4) is 17.0 Å². The van der Waals surface area contributed by atoms with Crippen LogP contribution in [0.2, 0.25) is 0 Å². The lowest BCUT2D eigenvalue weighted by atomic mass is 10.1. The minimum Gasteiger partial charge on any atom is -0.508 e. The fourth-order valence-corrected chi connectivity index (χ4v) is 2.95. The minimum absolute atomic E-state index is 0.0178. The summed E-state index contributed by atoms with van der Waals surface area (Å²) in [6.07, 6.45) is -4.52. The number of hydrogen-bond acceptors (Lipinski definition) is 5. The molecule has 0 radical (unpaired) electrons. The van der Waals surface area contributed by atoms with Crippen LogP contribution in [0.25, 0.3) is 11.3 Å². The van der Waals surface area contributed by atoms with E-state index in [1.807, 2.05) is 0 Å². The summed E-state index contributed by atoms with van der Waals surface area (Å²) in [6.45, 7) is 1.95. The van der Waals surface area contributed by atoms with Gasteiger partial charge in [-0.05, 0) is 43.3 Å². The highest BCUT2D eigenvalue weighted by atomic mass is 19.4. The summed E-state index contributed by atoms with van der Waals surface area (Å²) in [5.74, 6) is -1.47. The Labute approximate surface area is 191 Å². The predicted molar refractivity (Wildman–Crippen MR) is 117 cm³/mol. The number of aromatic hydroxyl groups is 1. The molecule has 180 valence electrons. The molecule has 0 bridgehead atoms. The van der Waals surface area contributed by atoms with Crippen LogP contribution in [0.15, 0.2) is 53.5 Å². The monoisotopic (exact) mass is 479 g/mol. The molecule has 12 heteroatoms. The molecule has 8 nitrogen and oxygen atoms in total. The van der Waals surface area contributed by atoms with Crippen LogP contribution in [0.3, 0.4) is 0 Å². The molecule has 3 rings (SSSR count). The van der Waals surface area contributed by atoms with Crippen molar-refractivity contribution in [3.05, 3.63) is 65.5 Å². The van der Waals surface area contributed by atoms with Crippen molar-refractivity contribution >= 4 is 17.7 Å². The zero-order valence-corrected chi connectivity index (χ0v) is 18.1. The molecule has 0 saturated carbocycles. The van der Waals surface area contributed by atoms with Crippen molar-refractivity contribution in [1.82, 2.24) is 15.5 Å². The number of amides is 1. The van der Waals surface area contributed by atoms with E-state index in [2.05, 4.69) is 25.8 Å². The molecule has 3 aromatic rings. The van der Waals surface area contributed by atoms with Crippen molar-refractivity contribution in [2.24, 2.45) is 4.99 Å². The van der Waals surface area contributed by atoms with E-state index in [4.69, 9.17) is 4.74 Å². The quantitative estimate of drug-likeness (QED) is 0.241. The van der Waals surface area contributed by atoms with E-state index in [1.165, 1.54) is 25.3 Å². The summed E-state index contributed by atoms with van der Waals surface area (Å²) in [5, 5.41) is 21.3. The number of hydrogen-bond donors (Lipinski definition) is 4. The molecule has 0 aliphatic rings. The number of methoxy groups -OCH3 is 1. The molecule has 1 atom stereocenters. The van der Waals surface area contributed by atoms with Crippen LogP contribution in [-0.4, -0.2) is 46.9 Å². The number of nitrogens with one attached hydrogen (secondary N) is 3. The number of carbonyl (C=O) groups is 1. The molecule has 0 saturated heterocycles. The number of phenolic OH excluding ortho intramolecular Hbond substituents is 1. The van der Waals surface area contributed by atoms with Gasteiger partial charge in [0, 0.05) is 30.4 Å². The first-order valence-electron chi connectivity index (χ1n) is 9.93. The summed E-state index contributed by atoms with van der Waals surface area (Å²) < 4.78 is 57.5. The van der Waals surface area contributed by atoms with Gasteiger partial charge >= 0.3 is 6.18 Å². The first kappa shape index (κ1) is 24.7. The second-order valence-electron chi connectivity index (χ2n) is 7.27. The van der Waals surface area contributed by atoms with Gasteiger partial charge in [-0.3, -0.25) is 15.2 Å². The molecule has 1 amide bonds. The van der Waals surface area contributed by atoms with Gasteiger partial charge in [0.2, 0.25) is 5.96 Å². The van der Waals surface area contributed by atoms with Gasteiger partial charge in [0.25, 0.3) is 5.91 Å². The van der Waals surface area contributed by atoms with E-state index >= 15 is 0 Å². The maximum absolute atomic E-state index is 14.1. The highest BCUT2D eigenvalue weighted by Crippen LogP contribution is 2.29. The molecule has 2 aromatic carbocycles. The molecule has 1 aromatic heterocycles. The fraction of sp³-hybridized carbons (Fsp3) is 0.227. The Balaban J connectivity index is 1.80. The second-order valence-corrected chi connectivity index (χ2v) is 7.27. The number of ether oxygens (including phenoxy) is 1. The summed E-state index contributed by atoms with van der Waals surface area (Å²) in [4.78, 5) is 16.9. The van der Waals surface area contributed by atoms with Gasteiger partial charge in [0.05, 0.1) is 23.9 Å². The summed E-state index contributed by atoms with van der Waals surface area (Å²) in [6, 6.07) is 8.40. The van der Waals surface area contributed by atoms with Crippen molar-refractivity contribution in [3.63, 3.8) is 0 Å². The Bertz CT molecular complexity index is 1180. The minimum atomic E-state index is -4.52. The fourth-order valence-electron chi connectivity index (χ4n) is 2.95. The molecule has 1 heterocycles. The molecule has 0 unspecified atom stereocenters. The largest absolute Gasteiger partial charge is 0.508 e. The van der Waals surface area contributed by atoms with E-state index in [1.54, 1.807) is 6.92 Å². The summed E-state index contributed by atoms with van der Waals surface area (Å²) in [7, 11) is 1.48. The topological polar surface area (TPSA) is 112 Å². The summed E-state index contributed by atoms with van der Waals surface area (Å²) in [5.41, 5.74) is -0.456. The number of benzene rings is 2. The number of phenols is 1. The third-order valence-corrected chi connectivity index (χ3v) is 4.53. The number of rotatable bonds is 6. The highest BCUT2D eigenvalue weighted by molar-refractivity contribution is 6.09. The average Bonchev–Trinajstić information content (AvgIpc) is 3.21. The van der Waals surface area contributed by atoms with E-state index in [0.717, 1.165) is 30.3 Å². The standard InChI is InChI=1S/C22H21F4N5O3/c1-12(11-34-2)27-21(29-20(33)13-3-5-14(6-4-13)22(24,25)26)28-19-10-18(30-31-19)16-8-7-15(32)9-17(16)23/h3-10,12,32H,11H2,1-2H3,(H3,27,28,29,30,31,33)/t12-/m0/s1. The van der Waals surface area contributed by atoms with Gasteiger partial charge in [-0.25, -0.2) is 9.38 Å². The number of H-pyrrole nitrogens is 1. The maximum atomic E-state index is 14.1. The number of carbonyl (C=O) groups excluding carboxylic acids is 1. The lowest BCUT2D eigenvalue weighted by Gasteiger charge is -2.13.